The minimum absolute atomic E-state index is 0.0136. The van der Waals surface area contributed by atoms with Gasteiger partial charge in [0.15, 0.2) is 0 Å². The largest absolute Gasteiger partial charge is 0.497 e. The van der Waals surface area contributed by atoms with E-state index in [4.69, 9.17) is 9.47 Å². The first-order valence-electron chi connectivity index (χ1n) is 11.6. The Labute approximate surface area is 218 Å². The fraction of sp³-hybridized carbons (Fsp3) is 0.0625. The SMILES string of the molecule is COc1ccc2c(C=C(C#N)C#N)cc3ccc4cc(C=C(C#N)C#N)c5ccc(OC)cc5c4c3c2c1. The fourth-order valence-electron chi connectivity index (χ4n) is 4.89. The monoisotopic (exact) mass is 490 g/mol. The third-order valence-electron chi connectivity index (χ3n) is 6.59. The van der Waals surface area contributed by atoms with Crippen LogP contribution in [0.4, 0.5) is 0 Å². The molecule has 0 amide bonds. The molecule has 0 atom stereocenters. The second-order valence-corrected chi connectivity index (χ2v) is 8.58. The maximum atomic E-state index is 9.37. The van der Waals surface area contributed by atoms with Crippen LogP contribution in [0.3, 0.4) is 0 Å². The summed E-state index contributed by atoms with van der Waals surface area (Å²) in [4.78, 5) is 0. The Morgan fingerprint density at radius 3 is 1.29 bits per heavy atom. The number of benzene rings is 5. The lowest BCUT2D eigenvalue weighted by molar-refractivity contribution is 0.415. The molecule has 0 bridgehead atoms. The van der Waals surface area contributed by atoms with Crippen molar-refractivity contribution in [1.82, 2.24) is 0 Å². The van der Waals surface area contributed by atoms with Crippen LogP contribution < -0.4 is 9.47 Å². The number of ether oxygens (including phenoxy) is 2. The van der Waals surface area contributed by atoms with Crippen molar-refractivity contribution in [3.63, 3.8) is 0 Å². The molecule has 5 aromatic carbocycles. The van der Waals surface area contributed by atoms with Crippen molar-refractivity contribution in [3.8, 4) is 35.8 Å². The van der Waals surface area contributed by atoms with Crippen LogP contribution in [0.1, 0.15) is 11.1 Å². The van der Waals surface area contributed by atoms with Gasteiger partial charge in [-0.2, -0.15) is 21.0 Å². The lowest BCUT2D eigenvalue weighted by Crippen LogP contribution is -1.91. The van der Waals surface area contributed by atoms with Crippen LogP contribution in [0, 0.1) is 45.3 Å². The highest BCUT2D eigenvalue weighted by Gasteiger charge is 2.15. The molecule has 0 unspecified atom stereocenters. The molecule has 0 saturated heterocycles. The number of allylic oxidation sites excluding steroid dienone is 2. The topological polar surface area (TPSA) is 114 Å². The summed E-state index contributed by atoms with van der Waals surface area (Å²) in [5, 5.41) is 44.8. The van der Waals surface area contributed by atoms with E-state index in [1.165, 1.54) is 0 Å². The first-order valence-corrected chi connectivity index (χ1v) is 11.6. The summed E-state index contributed by atoms with van der Waals surface area (Å²) in [6.45, 7) is 0. The number of nitrogens with zero attached hydrogens (tertiary/aromatic N) is 4. The second kappa shape index (κ2) is 9.67. The lowest BCUT2D eigenvalue weighted by Gasteiger charge is -2.16. The Morgan fingerprint density at radius 1 is 0.553 bits per heavy atom. The van der Waals surface area contributed by atoms with Crippen molar-refractivity contribution in [2.45, 2.75) is 0 Å². The number of fused-ring (bicyclic) bond motifs is 7. The molecule has 6 nitrogen and oxygen atoms in total. The normalized spacial score (nSPS) is 10.3. The van der Waals surface area contributed by atoms with Crippen molar-refractivity contribution < 1.29 is 9.47 Å². The van der Waals surface area contributed by atoms with Crippen LogP contribution in [0.2, 0.25) is 0 Å². The first kappa shape index (κ1) is 23.9. The van der Waals surface area contributed by atoms with Gasteiger partial charge in [-0.3, -0.25) is 0 Å². The molecule has 0 spiro atoms. The summed E-state index contributed by atoms with van der Waals surface area (Å²) in [5.74, 6) is 1.35. The van der Waals surface area contributed by atoms with Crippen LogP contribution in [0.25, 0.3) is 55.2 Å². The van der Waals surface area contributed by atoms with Crippen molar-refractivity contribution in [3.05, 3.63) is 82.9 Å². The number of methoxy groups -OCH3 is 2. The zero-order chi connectivity index (χ0) is 26.8. The minimum atomic E-state index is 0.0136. The van der Waals surface area contributed by atoms with Crippen molar-refractivity contribution in [2.24, 2.45) is 0 Å². The highest BCUT2D eigenvalue weighted by atomic mass is 16.5. The smallest absolute Gasteiger partial charge is 0.130 e. The van der Waals surface area contributed by atoms with Gasteiger partial charge in [0.1, 0.15) is 46.9 Å². The summed E-state index contributed by atoms with van der Waals surface area (Å²) in [5.41, 5.74) is 1.53. The van der Waals surface area contributed by atoms with E-state index in [0.29, 0.717) is 11.5 Å². The van der Waals surface area contributed by atoms with E-state index in [1.807, 2.05) is 84.9 Å². The predicted octanol–water partition coefficient (Wildman–Crippen LogP) is 7.18. The zero-order valence-electron chi connectivity index (χ0n) is 20.5. The lowest BCUT2D eigenvalue weighted by atomic mass is 9.88. The predicted molar refractivity (Wildman–Crippen MR) is 148 cm³/mol. The van der Waals surface area contributed by atoms with E-state index in [0.717, 1.165) is 54.2 Å². The molecule has 0 aromatic heterocycles. The molecule has 0 aliphatic carbocycles. The molecule has 0 fully saturated rings. The average molecular weight is 491 g/mol. The van der Waals surface area contributed by atoms with Gasteiger partial charge in [-0.05, 0) is 103 Å². The Kier molecular flexibility index (Phi) is 6.08. The van der Waals surface area contributed by atoms with Gasteiger partial charge in [0, 0.05) is 0 Å². The molecule has 5 rings (SSSR count). The van der Waals surface area contributed by atoms with Gasteiger partial charge >= 0.3 is 0 Å². The Balaban J connectivity index is 2.04. The summed E-state index contributed by atoms with van der Waals surface area (Å²) < 4.78 is 11.1. The van der Waals surface area contributed by atoms with Gasteiger partial charge in [0.05, 0.1) is 14.2 Å². The van der Waals surface area contributed by atoms with E-state index in [1.54, 1.807) is 26.4 Å². The summed E-state index contributed by atoms with van der Waals surface area (Å²) in [7, 11) is 3.21. The van der Waals surface area contributed by atoms with Crippen LogP contribution in [-0.2, 0) is 0 Å². The van der Waals surface area contributed by atoms with E-state index in [9.17, 15) is 21.0 Å². The third kappa shape index (κ3) is 3.90. The van der Waals surface area contributed by atoms with Crippen LogP contribution in [0.5, 0.6) is 11.5 Å². The number of hydrogen-bond acceptors (Lipinski definition) is 6. The standard InChI is InChI=1S/C32H18N4O2/c1-37-25-5-7-27-23(9-19(15-33)16-34)11-21-3-4-22-12-24(10-20(17-35)18-36)28-8-6-26(38-2)14-30(28)32(22)31(21)29(27)13-25/h3-14H,1-2H3. The van der Waals surface area contributed by atoms with Gasteiger partial charge in [-0.1, -0.05) is 24.3 Å². The number of nitriles is 4. The molecule has 0 N–H and O–H groups in total. The number of hydrogen-bond donors (Lipinski definition) is 0. The van der Waals surface area contributed by atoms with Gasteiger partial charge in [-0.15, -0.1) is 0 Å². The molecule has 178 valence electrons. The van der Waals surface area contributed by atoms with Gasteiger partial charge in [0.25, 0.3) is 0 Å². The molecule has 0 radical (unpaired) electrons. The fourth-order valence-corrected chi connectivity index (χ4v) is 4.89. The van der Waals surface area contributed by atoms with E-state index in [-0.39, 0.29) is 11.1 Å². The van der Waals surface area contributed by atoms with Crippen LogP contribution in [0.15, 0.2) is 71.8 Å². The summed E-state index contributed by atoms with van der Waals surface area (Å²) in [6.07, 6.45) is 3.19. The maximum absolute atomic E-state index is 9.37. The molecule has 5 aromatic rings. The van der Waals surface area contributed by atoms with Gasteiger partial charge < -0.3 is 9.47 Å². The molecule has 0 heterocycles. The second-order valence-electron chi connectivity index (χ2n) is 8.58. The maximum Gasteiger partial charge on any atom is 0.130 e. The third-order valence-corrected chi connectivity index (χ3v) is 6.59. The van der Waals surface area contributed by atoms with E-state index >= 15 is 0 Å². The molecule has 6 heteroatoms. The summed E-state index contributed by atoms with van der Waals surface area (Å²) >= 11 is 0. The van der Waals surface area contributed by atoms with Crippen LogP contribution >= 0.6 is 0 Å². The van der Waals surface area contributed by atoms with Crippen molar-refractivity contribution in [1.29, 1.82) is 21.0 Å². The van der Waals surface area contributed by atoms with E-state index < -0.39 is 0 Å². The Hall–Kier alpha value is -5.82. The molecule has 0 aliphatic rings. The van der Waals surface area contributed by atoms with E-state index in [2.05, 4.69) is 0 Å². The van der Waals surface area contributed by atoms with Gasteiger partial charge in [-0.25, -0.2) is 0 Å². The van der Waals surface area contributed by atoms with Gasteiger partial charge in [0.2, 0.25) is 0 Å². The van der Waals surface area contributed by atoms with Crippen molar-refractivity contribution >= 4 is 55.2 Å². The Morgan fingerprint density at radius 2 is 0.947 bits per heavy atom. The Bertz CT molecular complexity index is 1860. The molecular formula is C32H18N4O2. The molecule has 0 saturated carbocycles. The average Bonchev–Trinajstić information content (AvgIpc) is 2.97. The van der Waals surface area contributed by atoms with Crippen molar-refractivity contribution in [2.75, 3.05) is 14.2 Å². The molecular weight excluding hydrogens is 472 g/mol. The van der Waals surface area contributed by atoms with Crippen LogP contribution in [-0.4, -0.2) is 14.2 Å². The number of rotatable bonds is 4. The zero-order valence-corrected chi connectivity index (χ0v) is 20.5. The molecule has 0 aliphatic heterocycles. The highest BCUT2D eigenvalue weighted by molar-refractivity contribution is 6.29. The first-order chi connectivity index (χ1) is 18.5. The molecule has 38 heavy (non-hydrogen) atoms. The quantitative estimate of drug-likeness (QED) is 0.195. The summed E-state index contributed by atoms with van der Waals surface area (Å²) in [6, 6.07) is 27.2. The highest BCUT2D eigenvalue weighted by Crippen LogP contribution is 2.41. The minimum Gasteiger partial charge on any atom is -0.497 e.